The van der Waals surface area contributed by atoms with Gasteiger partial charge in [0.25, 0.3) is 5.56 Å². The van der Waals surface area contributed by atoms with Gasteiger partial charge in [-0.3, -0.25) is 9.36 Å². The molecule has 1 unspecified atom stereocenters. The Labute approximate surface area is 274 Å². The van der Waals surface area contributed by atoms with Gasteiger partial charge in [-0.2, -0.15) is 0 Å². The molecule has 7 nitrogen and oxygen atoms in total. The number of aromatic nitrogens is 1. The number of thiazole rings is 1. The van der Waals surface area contributed by atoms with Gasteiger partial charge in [0.2, 0.25) is 0 Å². The van der Waals surface area contributed by atoms with E-state index in [0.29, 0.717) is 33.0 Å². The highest BCUT2D eigenvalue weighted by molar-refractivity contribution is 14.1. The van der Waals surface area contributed by atoms with Gasteiger partial charge in [-0.25, -0.2) is 9.79 Å². The van der Waals surface area contributed by atoms with Gasteiger partial charge in [0.15, 0.2) is 4.80 Å². The van der Waals surface area contributed by atoms with Crippen molar-refractivity contribution >= 4 is 68.6 Å². The molecule has 216 valence electrons. The summed E-state index contributed by atoms with van der Waals surface area (Å²) in [4.78, 5) is 32.5. The zero-order chi connectivity index (χ0) is 30.0. The number of nitrogens with zero attached hydrogens (tertiary/aromatic N) is 2. The lowest BCUT2D eigenvalue weighted by molar-refractivity contribution is -0.143. The summed E-state index contributed by atoms with van der Waals surface area (Å²) >= 11 is 5.83. The zero-order valence-electron chi connectivity index (χ0n) is 23.4. The summed E-state index contributed by atoms with van der Waals surface area (Å²) in [6, 6.07) is 20.7. The number of hydrogen-bond acceptors (Lipinski definition) is 7. The number of fused-ring (bicyclic) bond motifs is 1. The Kier molecular flexibility index (Phi) is 9.53. The highest BCUT2D eigenvalue weighted by atomic mass is 127. The predicted molar refractivity (Wildman–Crippen MR) is 181 cm³/mol. The maximum atomic E-state index is 14.0. The lowest BCUT2D eigenvalue weighted by Gasteiger charge is -2.25. The molecule has 0 saturated heterocycles. The van der Waals surface area contributed by atoms with Gasteiger partial charge in [0.05, 0.1) is 42.2 Å². The number of rotatable bonds is 8. The third-order valence-corrected chi connectivity index (χ3v) is 9.15. The minimum atomic E-state index is -0.686. The smallest absolute Gasteiger partial charge is 0.338 e. The van der Waals surface area contributed by atoms with Gasteiger partial charge in [-0.05, 0) is 113 Å². The summed E-state index contributed by atoms with van der Waals surface area (Å²) in [7, 11) is 1.60. The van der Waals surface area contributed by atoms with Crippen molar-refractivity contribution in [2.45, 2.75) is 39.5 Å². The van der Waals surface area contributed by atoms with E-state index < -0.39 is 12.0 Å². The first-order chi connectivity index (χ1) is 20.2. The van der Waals surface area contributed by atoms with E-state index in [1.54, 1.807) is 32.4 Å². The molecule has 0 bridgehead atoms. The van der Waals surface area contributed by atoms with Gasteiger partial charge in [0, 0.05) is 0 Å². The van der Waals surface area contributed by atoms with Crippen molar-refractivity contribution in [3.05, 3.63) is 122 Å². The van der Waals surface area contributed by atoms with E-state index in [4.69, 9.17) is 14.2 Å². The van der Waals surface area contributed by atoms with Crippen LogP contribution in [0.4, 0.5) is 0 Å². The quantitative estimate of drug-likeness (QED) is 0.162. The lowest BCUT2D eigenvalue weighted by atomic mass is 9.96. The number of esters is 1. The molecule has 0 amide bonds. The van der Waals surface area contributed by atoms with Crippen molar-refractivity contribution in [1.29, 1.82) is 0 Å². The third kappa shape index (κ3) is 6.50. The predicted octanol–water partition coefficient (Wildman–Crippen LogP) is 5.98. The van der Waals surface area contributed by atoms with E-state index in [2.05, 4.69) is 50.2 Å². The Hall–Kier alpha value is -2.97. The van der Waals surface area contributed by atoms with Crippen LogP contribution in [-0.2, 0) is 16.1 Å². The van der Waals surface area contributed by atoms with Crippen molar-refractivity contribution in [2.24, 2.45) is 4.99 Å². The summed E-state index contributed by atoms with van der Waals surface area (Å²) in [5, 5.41) is 0. The minimum Gasteiger partial charge on any atom is -0.497 e. The molecule has 0 spiro atoms. The van der Waals surface area contributed by atoms with Crippen molar-refractivity contribution < 1.29 is 19.0 Å². The fourth-order valence-electron chi connectivity index (χ4n) is 4.64. The highest BCUT2D eigenvalue weighted by Crippen LogP contribution is 2.32. The molecule has 10 heteroatoms. The van der Waals surface area contributed by atoms with E-state index in [-0.39, 0.29) is 11.7 Å². The van der Waals surface area contributed by atoms with E-state index in [1.165, 1.54) is 11.3 Å². The second kappa shape index (κ2) is 13.1. The largest absolute Gasteiger partial charge is 0.497 e. The summed E-state index contributed by atoms with van der Waals surface area (Å²) in [5.41, 5.74) is 3.37. The number of ether oxygens (including phenoxy) is 3. The molecule has 3 aromatic carbocycles. The molecule has 0 radical (unpaired) electrons. The van der Waals surface area contributed by atoms with E-state index >= 15 is 0 Å². The molecule has 0 aliphatic carbocycles. The Morgan fingerprint density at radius 3 is 2.36 bits per heavy atom. The number of hydrogen-bond donors (Lipinski definition) is 0. The van der Waals surface area contributed by atoms with Crippen LogP contribution in [0.3, 0.4) is 0 Å². The number of benzene rings is 3. The number of methoxy groups -OCH3 is 1. The topological polar surface area (TPSA) is 79.1 Å². The van der Waals surface area contributed by atoms with Crippen molar-refractivity contribution in [2.75, 3.05) is 7.11 Å². The fourth-order valence-corrected chi connectivity index (χ4v) is 7.82. The molecule has 1 aromatic heterocycles. The van der Waals surface area contributed by atoms with Crippen molar-refractivity contribution in [3.8, 4) is 11.5 Å². The molecular formula is C32H28I2N2O5S. The van der Waals surface area contributed by atoms with E-state index in [9.17, 15) is 9.59 Å². The molecule has 0 fully saturated rings. The summed E-state index contributed by atoms with van der Waals surface area (Å²) in [6.45, 7) is 5.85. The maximum absolute atomic E-state index is 14.0. The van der Waals surface area contributed by atoms with E-state index in [0.717, 1.165) is 29.6 Å². The molecule has 4 aromatic rings. The number of carbonyl (C=O) groups is 1. The second-order valence-corrected chi connectivity index (χ2v) is 13.2. The third-order valence-electron chi connectivity index (χ3n) is 6.56. The molecular weight excluding hydrogens is 778 g/mol. The summed E-state index contributed by atoms with van der Waals surface area (Å²) in [5.74, 6) is 0.997. The Bertz CT molecular complexity index is 1820. The summed E-state index contributed by atoms with van der Waals surface area (Å²) < 4.78 is 21.0. The van der Waals surface area contributed by atoms with Crippen molar-refractivity contribution in [3.63, 3.8) is 0 Å². The highest BCUT2D eigenvalue weighted by Gasteiger charge is 2.33. The van der Waals surface area contributed by atoms with Gasteiger partial charge >= 0.3 is 5.97 Å². The first-order valence-corrected chi connectivity index (χ1v) is 16.2. The van der Waals surface area contributed by atoms with Crippen LogP contribution >= 0.6 is 56.5 Å². The minimum absolute atomic E-state index is 0.226. The first kappa shape index (κ1) is 30.5. The Morgan fingerprint density at radius 1 is 1.07 bits per heavy atom. The Morgan fingerprint density at radius 2 is 1.74 bits per heavy atom. The van der Waals surface area contributed by atoms with Crippen LogP contribution in [-0.4, -0.2) is 23.8 Å². The molecule has 1 atom stereocenters. The van der Waals surface area contributed by atoms with Crippen LogP contribution in [0.2, 0.25) is 0 Å². The second-order valence-electron chi connectivity index (χ2n) is 9.90. The van der Waals surface area contributed by atoms with Crippen molar-refractivity contribution in [1.82, 2.24) is 4.57 Å². The average Bonchev–Trinajstić information content (AvgIpc) is 3.25. The molecule has 2 heterocycles. The molecule has 0 N–H and O–H groups in total. The number of allylic oxidation sites excluding steroid dienone is 1. The van der Waals surface area contributed by atoms with Crippen LogP contribution in [0, 0.1) is 7.14 Å². The van der Waals surface area contributed by atoms with Gasteiger partial charge in [-0.15, -0.1) is 0 Å². The fraction of sp³-hybridized carbons (Fsp3) is 0.219. The zero-order valence-corrected chi connectivity index (χ0v) is 28.5. The maximum Gasteiger partial charge on any atom is 0.338 e. The van der Waals surface area contributed by atoms with Crippen LogP contribution < -0.4 is 24.4 Å². The monoisotopic (exact) mass is 806 g/mol. The molecule has 5 rings (SSSR count). The molecule has 1 aliphatic heterocycles. The average molecular weight is 806 g/mol. The first-order valence-electron chi connectivity index (χ1n) is 13.2. The number of carbonyl (C=O) groups excluding carboxylic acids is 1. The van der Waals surface area contributed by atoms with Crippen LogP contribution in [0.1, 0.15) is 43.5 Å². The van der Waals surface area contributed by atoms with Crippen LogP contribution in [0.25, 0.3) is 6.08 Å². The van der Waals surface area contributed by atoms with Crippen LogP contribution in [0.5, 0.6) is 11.5 Å². The van der Waals surface area contributed by atoms with E-state index in [1.807, 2.05) is 72.8 Å². The molecule has 42 heavy (non-hydrogen) atoms. The molecule has 1 aliphatic rings. The lowest BCUT2D eigenvalue weighted by Crippen LogP contribution is -2.40. The van der Waals surface area contributed by atoms with Crippen LogP contribution in [0.15, 0.2) is 87.8 Å². The standard InChI is InChI=1S/C32H28I2N2O5S/c1-18(2)41-31(38)27-19(3)35-32-36(28(27)22-10-12-23(39-4)13-11-22)30(37)26(42-32)16-21-14-24(33)29(25(34)15-21)40-17-20-8-6-5-7-9-20/h5-16,18,28H,17H2,1-4H3/b26-16-. The van der Waals surface area contributed by atoms with Gasteiger partial charge in [0.1, 0.15) is 18.1 Å². The molecule has 0 saturated carbocycles. The van der Waals surface area contributed by atoms with Gasteiger partial charge in [-0.1, -0.05) is 53.8 Å². The Balaban J connectivity index is 1.57. The van der Waals surface area contributed by atoms with Gasteiger partial charge < -0.3 is 14.2 Å². The summed E-state index contributed by atoms with van der Waals surface area (Å²) in [6.07, 6.45) is 1.55. The normalized spacial score (nSPS) is 14.9. The number of halogens is 2. The SMILES string of the molecule is COc1ccc(C2C(C(=O)OC(C)C)=C(C)N=c3s/c(=C\c4cc(I)c(OCc5ccccc5)c(I)c4)c(=O)n32)cc1.